The van der Waals surface area contributed by atoms with Gasteiger partial charge in [-0.2, -0.15) is 11.3 Å². The van der Waals surface area contributed by atoms with Gasteiger partial charge in [-0.05, 0) is 53.0 Å². The molecule has 1 saturated carbocycles. The number of nitrogens with zero attached hydrogens (tertiary/aromatic N) is 1. The summed E-state index contributed by atoms with van der Waals surface area (Å²) < 4.78 is 5.31. The van der Waals surface area contributed by atoms with E-state index in [1.807, 2.05) is 7.05 Å². The van der Waals surface area contributed by atoms with Gasteiger partial charge in [0.25, 0.3) is 0 Å². The van der Waals surface area contributed by atoms with Crippen LogP contribution in [-0.4, -0.2) is 39.8 Å². The Kier molecular flexibility index (Phi) is 10.2. The lowest BCUT2D eigenvalue weighted by molar-refractivity contribution is 0.138. The summed E-state index contributed by atoms with van der Waals surface area (Å²) in [7, 11) is 3.64. The van der Waals surface area contributed by atoms with Crippen molar-refractivity contribution in [3.8, 4) is 0 Å². The van der Waals surface area contributed by atoms with Gasteiger partial charge in [0.1, 0.15) is 0 Å². The highest BCUT2D eigenvalue weighted by molar-refractivity contribution is 14.0. The van der Waals surface area contributed by atoms with E-state index in [0.717, 1.165) is 32.1 Å². The van der Waals surface area contributed by atoms with E-state index in [1.165, 1.54) is 31.2 Å². The number of methoxy groups -OCH3 is 1. The summed E-state index contributed by atoms with van der Waals surface area (Å²) >= 11 is 1.76. The number of thiophene rings is 1. The Morgan fingerprint density at radius 3 is 2.71 bits per heavy atom. The topological polar surface area (TPSA) is 45.7 Å². The Bertz CT molecular complexity index is 473. The Balaban J connectivity index is 0.00000288. The van der Waals surface area contributed by atoms with Gasteiger partial charge in [-0.3, -0.25) is 4.99 Å². The van der Waals surface area contributed by atoms with Gasteiger partial charge in [0.15, 0.2) is 5.96 Å². The Morgan fingerprint density at radius 1 is 1.38 bits per heavy atom. The zero-order valence-electron chi connectivity index (χ0n) is 15.1. The van der Waals surface area contributed by atoms with Crippen LogP contribution in [0.3, 0.4) is 0 Å². The number of ether oxygens (including phenoxy) is 1. The summed E-state index contributed by atoms with van der Waals surface area (Å²) in [5, 5.41) is 11.4. The van der Waals surface area contributed by atoms with Crippen molar-refractivity contribution in [1.82, 2.24) is 10.6 Å². The second-order valence-electron chi connectivity index (χ2n) is 6.71. The molecule has 0 radical (unpaired) electrons. The third-order valence-electron chi connectivity index (χ3n) is 5.04. The maximum atomic E-state index is 5.31. The molecule has 0 bridgehead atoms. The minimum atomic E-state index is 0. The summed E-state index contributed by atoms with van der Waals surface area (Å²) in [6.45, 7) is 4.99. The Hall–Kier alpha value is -0.340. The molecule has 0 amide bonds. The first-order chi connectivity index (χ1) is 11.2. The molecule has 138 valence electrons. The molecule has 1 atom stereocenters. The zero-order valence-corrected chi connectivity index (χ0v) is 18.3. The van der Waals surface area contributed by atoms with E-state index in [9.17, 15) is 0 Å². The monoisotopic (exact) mass is 465 g/mol. The quantitative estimate of drug-likeness (QED) is 0.343. The highest BCUT2D eigenvalue weighted by Gasteiger charge is 2.33. The van der Waals surface area contributed by atoms with Crippen LogP contribution in [0.5, 0.6) is 0 Å². The summed E-state index contributed by atoms with van der Waals surface area (Å²) in [6, 6.07) is 2.20. The lowest BCUT2D eigenvalue weighted by Crippen LogP contribution is -2.44. The maximum Gasteiger partial charge on any atom is 0.191 e. The average molecular weight is 465 g/mol. The fourth-order valence-electron chi connectivity index (χ4n) is 3.37. The van der Waals surface area contributed by atoms with Crippen LogP contribution in [0.1, 0.15) is 50.5 Å². The van der Waals surface area contributed by atoms with Crippen LogP contribution in [0.2, 0.25) is 0 Å². The van der Waals surface area contributed by atoms with E-state index >= 15 is 0 Å². The maximum absolute atomic E-state index is 5.31. The first kappa shape index (κ1) is 21.7. The molecule has 1 fully saturated rings. The minimum absolute atomic E-state index is 0. The van der Waals surface area contributed by atoms with Crippen molar-refractivity contribution in [1.29, 1.82) is 0 Å². The van der Waals surface area contributed by atoms with Gasteiger partial charge >= 0.3 is 0 Å². The fraction of sp³-hybridized carbons (Fsp3) is 0.722. The standard InChI is InChI=1S/C18H31N3OS.HI/c1-15(16-6-11-23-13-16)12-20-17(19-2)21-14-18(9-10-22-3)7-4-5-8-18;/h6,11,13,15H,4-5,7-10,12,14H2,1-3H3,(H2,19,20,21);1H. The second-order valence-corrected chi connectivity index (χ2v) is 7.49. The SMILES string of the molecule is CN=C(NCC(C)c1ccsc1)NCC1(CCOC)CCCC1.I. The molecule has 24 heavy (non-hydrogen) atoms. The van der Waals surface area contributed by atoms with Crippen LogP contribution >= 0.6 is 35.3 Å². The highest BCUT2D eigenvalue weighted by Crippen LogP contribution is 2.40. The Labute approximate surface area is 167 Å². The van der Waals surface area contributed by atoms with E-state index in [1.54, 1.807) is 18.4 Å². The molecule has 0 spiro atoms. The number of rotatable bonds is 8. The highest BCUT2D eigenvalue weighted by atomic mass is 127. The van der Waals surface area contributed by atoms with Crippen molar-refractivity contribution >= 4 is 41.3 Å². The van der Waals surface area contributed by atoms with Crippen LogP contribution in [-0.2, 0) is 4.74 Å². The van der Waals surface area contributed by atoms with Crippen LogP contribution in [0.15, 0.2) is 21.8 Å². The molecule has 0 aromatic carbocycles. The van der Waals surface area contributed by atoms with Crippen molar-refractivity contribution in [2.45, 2.75) is 44.9 Å². The predicted molar refractivity (Wildman–Crippen MR) is 115 cm³/mol. The minimum Gasteiger partial charge on any atom is -0.385 e. The number of nitrogens with one attached hydrogen (secondary N) is 2. The van der Waals surface area contributed by atoms with Crippen LogP contribution in [0.4, 0.5) is 0 Å². The summed E-state index contributed by atoms with van der Waals surface area (Å²) in [6.07, 6.45) is 6.41. The number of guanidine groups is 1. The van der Waals surface area contributed by atoms with Gasteiger partial charge in [-0.25, -0.2) is 0 Å². The summed E-state index contributed by atoms with van der Waals surface area (Å²) in [4.78, 5) is 4.38. The molecule has 1 aliphatic rings. The van der Waals surface area contributed by atoms with Gasteiger partial charge in [0.2, 0.25) is 0 Å². The molecule has 2 N–H and O–H groups in total. The van der Waals surface area contributed by atoms with E-state index in [0.29, 0.717) is 11.3 Å². The molecule has 4 nitrogen and oxygen atoms in total. The largest absolute Gasteiger partial charge is 0.385 e. The zero-order chi connectivity index (χ0) is 16.5. The molecule has 2 rings (SSSR count). The number of hydrogen-bond acceptors (Lipinski definition) is 3. The molecule has 1 aromatic heterocycles. The average Bonchev–Trinajstić information content (AvgIpc) is 3.25. The van der Waals surface area contributed by atoms with Crippen molar-refractivity contribution < 1.29 is 4.74 Å². The van der Waals surface area contributed by atoms with E-state index in [-0.39, 0.29) is 24.0 Å². The number of aliphatic imine (C=N–C) groups is 1. The smallest absolute Gasteiger partial charge is 0.191 e. The fourth-order valence-corrected chi connectivity index (χ4v) is 4.16. The first-order valence-corrected chi connectivity index (χ1v) is 9.59. The third kappa shape index (κ3) is 6.52. The summed E-state index contributed by atoms with van der Waals surface area (Å²) in [5.74, 6) is 1.41. The predicted octanol–water partition coefficient (Wildman–Crippen LogP) is 4.23. The molecule has 0 aliphatic heterocycles. The van der Waals surface area contributed by atoms with Crippen LogP contribution in [0, 0.1) is 5.41 Å². The van der Waals surface area contributed by atoms with E-state index in [4.69, 9.17) is 4.74 Å². The van der Waals surface area contributed by atoms with Crippen molar-refractivity contribution in [3.05, 3.63) is 22.4 Å². The molecule has 1 aliphatic carbocycles. The van der Waals surface area contributed by atoms with Gasteiger partial charge in [0, 0.05) is 33.9 Å². The van der Waals surface area contributed by atoms with Crippen LogP contribution < -0.4 is 10.6 Å². The molecule has 1 unspecified atom stereocenters. The molecular weight excluding hydrogens is 433 g/mol. The van der Waals surface area contributed by atoms with Gasteiger partial charge in [-0.1, -0.05) is 19.8 Å². The number of halogens is 1. The lowest BCUT2D eigenvalue weighted by atomic mass is 9.83. The molecule has 6 heteroatoms. The molecule has 1 aromatic rings. The second kappa shape index (κ2) is 11.3. The Morgan fingerprint density at radius 2 is 2.12 bits per heavy atom. The first-order valence-electron chi connectivity index (χ1n) is 8.65. The van der Waals surface area contributed by atoms with E-state index < -0.39 is 0 Å². The van der Waals surface area contributed by atoms with E-state index in [2.05, 4.69) is 39.4 Å². The van der Waals surface area contributed by atoms with Crippen molar-refractivity contribution in [2.24, 2.45) is 10.4 Å². The van der Waals surface area contributed by atoms with Crippen LogP contribution in [0.25, 0.3) is 0 Å². The van der Waals surface area contributed by atoms with Gasteiger partial charge in [0.05, 0.1) is 0 Å². The molecular formula is C18H32IN3OS. The van der Waals surface area contributed by atoms with Gasteiger partial charge < -0.3 is 15.4 Å². The third-order valence-corrected chi connectivity index (χ3v) is 5.74. The molecule has 0 saturated heterocycles. The number of hydrogen-bond donors (Lipinski definition) is 2. The van der Waals surface area contributed by atoms with Crippen molar-refractivity contribution in [3.63, 3.8) is 0 Å². The summed E-state index contributed by atoms with van der Waals surface area (Å²) in [5.41, 5.74) is 1.78. The normalized spacial score (nSPS) is 18.0. The molecule has 1 heterocycles. The lowest BCUT2D eigenvalue weighted by Gasteiger charge is -2.30. The van der Waals surface area contributed by atoms with Gasteiger partial charge in [-0.15, -0.1) is 24.0 Å². The van der Waals surface area contributed by atoms with Crippen molar-refractivity contribution in [2.75, 3.05) is 33.9 Å².